The van der Waals surface area contributed by atoms with Crippen LogP contribution in [0.2, 0.25) is 0 Å². The van der Waals surface area contributed by atoms with Crippen molar-refractivity contribution >= 4 is 44.9 Å². The predicted octanol–water partition coefficient (Wildman–Crippen LogP) is 5.20. The minimum atomic E-state index is -0.377. The van der Waals surface area contributed by atoms with Crippen LogP contribution in [0, 0.1) is 0 Å². The SMILES string of the molecule is CCC(Sc1nc2ccsc2c(=O)n1C1CCCCC1)C(=O)Nc1ccc2c(c1)OCO2. The summed E-state index contributed by atoms with van der Waals surface area (Å²) in [6.45, 7) is 2.17. The van der Waals surface area contributed by atoms with Gasteiger partial charge in [-0.25, -0.2) is 4.98 Å². The lowest BCUT2D eigenvalue weighted by atomic mass is 9.95. The number of hydrogen-bond donors (Lipinski definition) is 1. The number of rotatable bonds is 6. The van der Waals surface area contributed by atoms with E-state index in [4.69, 9.17) is 14.5 Å². The number of ether oxygens (including phenoxy) is 2. The molecule has 1 aliphatic carbocycles. The van der Waals surface area contributed by atoms with Gasteiger partial charge < -0.3 is 14.8 Å². The highest BCUT2D eigenvalue weighted by molar-refractivity contribution is 8.00. The van der Waals surface area contributed by atoms with Gasteiger partial charge in [-0.2, -0.15) is 0 Å². The van der Waals surface area contributed by atoms with Crippen molar-refractivity contribution in [2.24, 2.45) is 0 Å². The summed E-state index contributed by atoms with van der Waals surface area (Å²) in [5.41, 5.74) is 1.38. The second kappa shape index (κ2) is 9.15. The van der Waals surface area contributed by atoms with E-state index in [0.29, 0.717) is 39.0 Å². The zero-order valence-electron chi connectivity index (χ0n) is 17.8. The second-order valence-electron chi connectivity index (χ2n) is 8.07. The van der Waals surface area contributed by atoms with Gasteiger partial charge in [0.1, 0.15) is 4.70 Å². The number of benzene rings is 1. The Morgan fingerprint density at radius 3 is 2.88 bits per heavy atom. The summed E-state index contributed by atoms with van der Waals surface area (Å²) in [4.78, 5) is 31.3. The third-order valence-corrected chi connectivity index (χ3v) is 8.19. The fraction of sp³-hybridized carbons (Fsp3) is 0.435. The molecule has 32 heavy (non-hydrogen) atoms. The third-order valence-electron chi connectivity index (χ3n) is 5.97. The zero-order chi connectivity index (χ0) is 22.1. The quantitative estimate of drug-likeness (QED) is 0.393. The maximum atomic E-state index is 13.3. The highest BCUT2D eigenvalue weighted by atomic mass is 32.2. The summed E-state index contributed by atoms with van der Waals surface area (Å²) in [5.74, 6) is 1.18. The zero-order valence-corrected chi connectivity index (χ0v) is 19.5. The van der Waals surface area contributed by atoms with Crippen LogP contribution in [0.5, 0.6) is 11.5 Å². The van der Waals surface area contributed by atoms with Crippen molar-refractivity contribution in [1.29, 1.82) is 0 Å². The smallest absolute Gasteiger partial charge is 0.272 e. The average molecular weight is 472 g/mol. The van der Waals surface area contributed by atoms with E-state index in [1.165, 1.54) is 29.5 Å². The molecule has 0 bridgehead atoms. The van der Waals surface area contributed by atoms with Crippen molar-refractivity contribution in [2.75, 3.05) is 12.1 Å². The first kappa shape index (κ1) is 21.3. The Morgan fingerprint density at radius 2 is 2.06 bits per heavy atom. The van der Waals surface area contributed by atoms with Gasteiger partial charge in [0.2, 0.25) is 12.7 Å². The van der Waals surface area contributed by atoms with Gasteiger partial charge in [-0.15, -0.1) is 11.3 Å². The Bertz CT molecular complexity index is 1200. The summed E-state index contributed by atoms with van der Waals surface area (Å²) in [5, 5.41) is 5.15. The van der Waals surface area contributed by atoms with E-state index in [1.807, 2.05) is 22.9 Å². The molecule has 168 valence electrons. The van der Waals surface area contributed by atoms with Crippen LogP contribution in [-0.2, 0) is 4.79 Å². The maximum absolute atomic E-state index is 13.3. The minimum absolute atomic E-state index is 0.0189. The molecule has 1 saturated carbocycles. The predicted molar refractivity (Wildman–Crippen MR) is 127 cm³/mol. The first-order valence-corrected chi connectivity index (χ1v) is 12.8. The number of nitrogens with one attached hydrogen (secondary N) is 1. The van der Waals surface area contributed by atoms with E-state index in [1.54, 1.807) is 18.2 Å². The Kier molecular flexibility index (Phi) is 6.10. The van der Waals surface area contributed by atoms with Gasteiger partial charge in [0.05, 0.1) is 10.8 Å². The van der Waals surface area contributed by atoms with Crippen molar-refractivity contribution in [3.8, 4) is 11.5 Å². The summed E-state index contributed by atoms with van der Waals surface area (Å²) in [7, 11) is 0. The van der Waals surface area contributed by atoms with Crippen LogP contribution in [0.15, 0.2) is 39.6 Å². The number of aromatic nitrogens is 2. The van der Waals surface area contributed by atoms with Crippen molar-refractivity contribution < 1.29 is 14.3 Å². The van der Waals surface area contributed by atoms with Crippen LogP contribution < -0.4 is 20.3 Å². The van der Waals surface area contributed by atoms with Gasteiger partial charge in [-0.05, 0) is 42.8 Å². The van der Waals surface area contributed by atoms with E-state index < -0.39 is 0 Å². The van der Waals surface area contributed by atoms with Crippen LogP contribution in [0.25, 0.3) is 10.2 Å². The lowest BCUT2D eigenvalue weighted by Gasteiger charge is -2.26. The molecule has 7 nitrogen and oxygen atoms in total. The molecule has 9 heteroatoms. The van der Waals surface area contributed by atoms with Gasteiger partial charge in [0, 0.05) is 17.8 Å². The Balaban J connectivity index is 1.42. The molecular formula is C23H25N3O4S2. The molecule has 1 unspecified atom stereocenters. The van der Waals surface area contributed by atoms with Gasteiger partial charge >= 0.3 is 0 Å². The van der Waals surface area contributed by atoms with Crippen LogP contribution in [0.1, 0.15) is 51.5 Å². The number of carbonyl (C=O) groups is 1. The van der Waals surface area contributed by atoms with Crippen LogP contribution >= 0.6 is 23.1 Å². The average Bonchev–Trinajstić information content (AvgIpc) is 3.47. The van der Waals surface area contributed by atoms with E-state index in [9.17, 15) is 9.59 Å². The molecule has 1 aliphatic heterocycles. The molecular weight excluding hydrogens is 446 g/mol. The summed E-state index contributed by atoms with van der Waals surface area (Å²) < 4.78 is 13.3. The number of nitrogens with zero attached hydrogens (tertiary/aromatic N) is 2. The Labute approximate surface area is 194 Å². The number of anilines is 1. The summed E-state index contributed by atoms with van der Waals surface area (Å²) in [6, 6.07) is 7.39. The largest absolute Gasteiger partial charge is 0.454 e. The highest BCUT2D eigenvalue weighted by Gasteiger charge is 2.27. The molecule has 1 fully saturated rings. The molecule has 1 atom stereocenters. The van der Waals surface area contributed by atoms with Gasteiger partial charge in [0.15, 0.2) is 16.7 Å². The minimum Gasteiger partial charge on any atom is -0.454 e. The lowest BCUT2D eigenvalue weighted by molar-refractivity contribution is -0.115. The third kappa shape index (κ3) is 4.11. The molecule has 1 aromatic carbocycles. The van der Waals surface area contributed by atoms with Crippen LogP contribution in [-0.4, -0.2) is 27.5 Å². The highest BCUT2D eigenvalue weighted by Crippen LogP contribution is 2.36. The molecule has 2 aliphatic rings. The fourth-order valence-corrected chi connectivity index (χ4v) is 6.15. The van der Waals surface area contributed by atoms with Crippen LogP contribution in [0.3, 0.4) is 0 Å². The Hall–Kier alpha value is -2.52. The second-order valence-corrected chi connectivity index (χ2v) is 10.2. The maximum Gasteiger partial charge on any atom is 0.272 e. The monoisotopic (exact) mass is 471 g/mol. The first-order chi connectivity index (χ1) is 15.6. The number of thiophene rings is 1. The molecule has 0 saturated heterocycles. The fourth-order valence-electron chi connectivity index (χ4n) is 4.29. The van der Waals surface area contributed by atoms with E-state index in [0.717, 1.165) is 25.7 Å². The van der Waals surface area contributed by atoms with Crippen molar-refractivity contribution in [3.05, 3.63) is 40.0 Å². The Morgan fingerprint density at radius 1 is 1.25 bits per heavy atom. The lowest BCUT2D eigenvalue weighted by Crippen LogP contribution is -2.30. The van der Waals surface area contributed by atoms with Gasteiger partial charge in [0.25, 0.3) is 5.56 Å². The number of carbonyl (C=O) groups excluding carboxylic acids is 1. The molecule has 2 aromatic heterocycles. The summed E-state index contributed by atoms with van der Waals surface area (Å²) >= 11 is 2.82. The summed E-state index contributed by atoms with van der Waals surface area (Å²) in [6.07, 6.45) is 6.01. The number of fused-ring (bicyclic) bond motifs is 2. The molecule has 1 amide bonds. The standard InChI is InChI=1S/C23H25N3O4S2/c1-2-19(21(27)24-14-8-9-17-18(12-14)30-13-29-17)32-23-25-16-10-11-31-20(16)22(28)26(23)15-6-4-3-5-7-15/h8-12,15,19H,2-7,13H2,1H3,(H,24,27). The molecule has 5 rings (SSSR count). The number of thioether (sulfide) groups is 1. The van der Waals surface area contributed by atoms with Gasteiger partial charge in [-0.1, -0.05) is 37.9 Å². The topological polar surface area (TPSA) is 82.5 Å². The molecule has 3 aromatic rings. The van der Waals surface area contributed by atoms with Crippen molar-refractivity contribution in [2.45, 2.75) is 61.9 Å². The normalized spacial score (nSPS) is 16.9. The van der Waals surface area contributed by atoms with Crippen LogP contribution in [0.4, 0.5) is 5.69 Å². The number of hydrogen-bond acceptors (Lipinski definition) is 7. The van der Waals surface area contributed by atoms with Crippen molar-refractivity contribution in [1.82, 2.24) is 9.55 Å². The molecule has 3 heterocycles. The number of amides is 1. The molecule has 1 N–H and O–H groups in total. The van der Waals surface area contributed by atoms with E-state index >= 15 is 0 Å². The van der Waals surface area contributed by atoms with E-state index in [-0.39, 0.29) is 29.6 Å². The molecule has 0 spiro atoms. The van der Waals surface area contributed by atoms with Gasteiger partial charge in [-0.3, -0.25) is 14.2 Å². The van der Waals surface area contributed by atoms with E-state index in [2.05, 4.69) is 5.32 Å². The van der Waals surface area contributed by atoms with Crippen molar-refractivity contribution in [3.63, 3.8) is 0 Å². The first-order valence-electron chi connectivity index (χ1n) is 11.0. The molecule has 0 radical (unpaired) electrons.